The van der Waals surface area contributed by atoms with Gasteiger partial charge in [0.15, 0.2) is 0 Å². The Morgan fingerprint density at radius 2 is 1.33 bits per heavy atom. The first-order valence-electron chi connectivity index (χ1n) is 7.39. The fourth-order valence-corrected chi connectivity index (χ4v) is 15.5. The van der Waals surface area contributed by atoms with E-state index in [-0.39, 0.29) is 8.77 Å². The molecule has 0 aromatic carbocycles. The topological polar surface area (TPSA) is 20.2 Å². The lowest BCUT2D eigenvalue weighted by molar-refractivity contribution is 0.0884. The van der Waals surface area contributed by atoms with Crippen LogP contribution in [0.3, 0.4) is 0 Å². The van der Waals surface area contributed by atoms with Crippen molar-refractivity contribution >= 4 is 38.7 Å². The zero-order valence-electron chi connectivity index (χ0n) is 13.0. The zero-order chi connectivity index (χ0) is 14.2. The Morgan fingerprint density at radius 1 is 0.944 bits per heavy atom. The predicted molar refractivity (Wildman–Crippen MR) is 96.0 cm³/mol. The van der Waals surface area contributed by atoms with Crippen LogP contribution in [0.4, 0.5) is 0 Å². The second kappa shape index (κ2) is 5.86. The van der Waals surface area contributed by atoms with Gasteiger partial charge in [-0.15, -0.1) is 0 Å². The van der Waals surface area contributed by atoms with E-state index in [2.05, 4.69) is 61.9 Å². The first-order valence-corrected chi connectivity index (χ1v) is 15.5. The molecule has 0 spiro atoms. The average Bonchev–Trinajstić information content (AvgIpc) is 2.25. The van der Waals surface area contributed by atoms with Crippen molar-refractivity contribution < 1.29 is 5.11 Å². The van der Waals surface area contributed by atoms with Crippen LogP contribution in [0, 0.1) is 5.92 Å². The van der Waals surface area contributed by atoms with Crippen LogP contribution in [0.5, 0.6) is 0 Å². The number of hydrogen-bond donors (Lipinski definition) is 1. The molecule has 0 saturated heterocycles. The second-order valence-electron chi connectivity index (χ2n) is 8.05. The molecule has 1 N–H and O–H groups in total. The van der Waals surface area contributed by atoms with Crippen LogP contribution < -0.4 is 0 Å². The van der Waals surface area contributed by atoms with Gasteiger partial charge in [-0.25, -0.2) is 0 Å². The lowest BCUT2D eigenvalue weighted by Gasteiger charge is -2.53. The molecule has 1 unspecified atom stereocenters. The van der Waals surface area contributed by atoms with Gasteiger partial charge >= 0.3 is 0 Å². The van der Waals surface area contributed by atoms with E-state index >= 15 is 0 Å². The van der Waals surface area contributed by atoms with Gasteiger partial charge in [-0.3, -0.25) is 0 Å². The van der Waals surface area contributed by atoms with Crippen molar-refractivity contribution in [2.24, 2.45) is 5.92 Å². The Kier molecular flexibility index (Phi) is 5.59. The van der Waals surface area contributed by atoms with Gasteiger partial charge in [0.1, 0.15) is 0 Å². The largest absolute Gasteiger partial charge is 0.392 e. The molecule has 1 nitrogen and oxygen atoms in total. The summed E-state index contributed by atoms with van der Waals surface area (Å²) in [6, 6.07) is 0. The molecule has 1 fully saturated rings. The highest BCUT2D eigenvalue weighted by atomic mass is 127. The smallest absolute Gasteiger partial charge is 0.0664 e. The van der Waals surface area contributed by atoms with Crippen molar-refractivity contribution in [3.05, 3.63) is 0 Å². The molecule has 1 saturated carbocycles. The summed E-state index contributed by atoms with van der Waals surface area (Å²) in [6.07, 6.45) is 6.45. The molecular formula is C14H31IOSi2. The van der Waals surface area contributed by atoms with E-state index in [1.807, 2.05) is 0 Å². The summed E-state index contributed by atoms with van der Waals surface area (Å²) in [4.78, 5) is 0. The number of halogens is 1. The van der Waals surface area contributed by atoms with Gasteiger partial charge in [0.2, 0.25) is 0 Å². The minimum atomic E-state index is -1.39. The van der Waals surface area contributed by atoms with E-state index in [4.69, 9.17) is 0 Å². The Labute approximate surface area is 129 Å². The van der Waals surface area contributed by atoms with Crippen molar-refractivity contribution in [3.63, 3.8) is 0 Å². The van der Waals surface area contributed by atoms with Crippen molar-refractivity contribution in [1.82, 2.24) is 0 Å². The molecule has 0 aliphatic heterocycles. The summed E-state index contributed by atoms with van der Waals surface area (Å²) in [6.45, 7) is 14.7. The minimum absolute atomic E-state index is 0.0725. The van der Waals surface area contributed by atoms with Crippen molar-refractivity contribution in [1.29, 1.82) is 0 Å². The first-order chi connectivity index (χ1) is 8.02. The van der Waals surface area contributed by atoms with Crippen LogP contribution in [0.15, 0.2) is 0 Å². The van der Waals surface area contributed by atoms with Crippen LogP contribution in [0.1, 0.15) is 32.1 Å². The summed E-state index contributed by atoms with van der Waals surface area (Å²) in [5, 5.41) is 11.1. The van der Waals surface area contributed by atoms with Gasteiger partial charge in [0.25, 0.3) is 0 Å². The molecule has 1 rings (SSSR count). The molecule has 0 heterocycles. The highest BCUT2D eigenvalue weighted by Gasteiger charge is 2.56. The number of alkyl halides is 1. The molecule has 1 atom stereocenters. The van der Waals surface area contributed by atoms with Gasteiger partial charge in [-0.1, -0.05) is 81.1 Å². The fraction of sp³-hybridized carbons (Fsp3) is 1.00. The third kappa shape index (κ3) is 3.23. The van der Waals surface area contributed by atoms with E-state index in [0.29, 0.717) is 5.92 Å². The molecule has 0 aromatic heterocycles. The standard InChI is InChI=1S/C14H31IOSi2/c1-17(2,3)14(15,18(4,5)6)13(16)12-10-8-7-9-11-12/h12-13,16H,7-11H2,1-6H3. The molecule has 0 aromatic rings. The van der Waals surface area contributed by atoms with Crippen LogP contribution in [-0.4, -0.2) is 30.0 Å². The summed E-state index contributed by atoms with van der Waals surface area (Å²) in [5.74, 6) is 0.564. The molecule has 4 heteroatoms. The third-order valence-corrected chi connectivity index (χ3v) is 24.5. The van der Waals surface area contributed by atoms with Crippen molar-refractivity contribution in [3.8, 4) is 0 Å². The third-order valence-electron chi connectivity index (χ3n) is 4.69. The maximum absolute atomic E-state index is 11.1. The highest BCUT2D eigenvalue weighted by molar-refractivity contribution is 14.1. The molecule has 0 bridgehead atoms. The monoisotopic (exact) mass is 398 g/mol. The molecule has 1 aliphatic carbocycles. The predicted octanol–water partition coefficient (Wildman–Crippen LogP) is 4.86. The quantitative estimate of drug-likeness (QED) is 0.408. The summed E-state index contributed by atoms with van der Waals surface area (Å²) in [7, 11) is -2.79. The lowest BCUT2D eigenvalue weighted by Crippen LogP contribution is -2.69. The Hall–Kier alpha value is 1.12. The number of aliphatic hydroxyl groups excluding tert-OH is 1. The molecule has 0 radical (unpaired) electrons. The second-order valence-corrected chi connectivity index (χ2v) is 22.9. The van der Waals surface area contributed by atoms with Crippen LogP contribution in [0.2, 0.25) is 39.3 Å². The Morgan fingerprint density at radius 3 is 1.67 bits per heavy atom. The van der Waals surface area contributed by atoms with Gasteiger partial charge in [0.05, 0.1) is 22.3 Å². The fourth-order valence-electron chi connectivity index (χ4n) is 3.79. The highest BCUT2D eigenvalue weighted by Crippen LogP contribution is 2.46. The Balaban J connectivity index is 3.03. The molecule has 1 aliphatic rings. The maximum atomic E-state index is 11.1. The number of rotatable bonds is 4. The van der Waals surface area contributed by atoms with E-state index < -0.39 is 16.1 Å². The van der Waals surface area contributed by atoms with E-state index in [0.717, 1.165) is 0 Å². The van der Waals surface area contributed by atoms with Gasteiger partial charge in [0, 0.05) is 2.67 Å². The normalized spacial score (nSPS) is 22.0. The van der Waals surface area contributed by atoms with E-state index in [1.165, 1.54) is 32.1 Å². The van der Waals surface area contributed by atoms with Crippen LogP contribution >= 0.6 is 22.6 Å². The summed E-state index contributed by atoms with van der Waals surface area (Å²) >= 11 is 2.69. The van der Waals surface area contributed by atoms with E-state index in [9.17, 15) is 5.11 Å². The average molecular weight is 398 g/mol. The van der Waals surface area contributed by atoms with Crippen LogP contribution in [-0.2, 0) is 0 Å². The molecular weight excluding hydrogens is 367 g/mol. The van der Waals surface area contributed by atoms with Gasteiger partial charge in [-0.2, -0.15) is 0 Å². The number of hydrogen-bond acceptors (Lipinski definition) is 1. The number of aliphatic hydroxyl groups is 1. The molecule has 18 heavy (non-hydrogen) atoms. The van der Waals surface area contributed by atoms with E-state index in [1.54, 1.807) is 0 Å². The van der Waals surface area contributed by atoms with Crippen LogP contribution in [0.25, 0.3) is 0 Å². The molecule has 108 valence electrons. The maximum Gasteiger partial charge on any atom is 0.0664 e. The summed E-state index contributed by atoms with van der Waals surface area (Å²) < 4.78 is 0.194. The van der Waals surface area contributed by atoms with Gasteiger partial charge in [-0.05, 0) is 18.8 Å². The van der Waals surface area contributed by atoms with Crippen molar-refractivity contribution in [2.75, 3.05) is 0 Å². The SMILES string of the molecule is C[Si](C)(C)C(I)(C(O)C1CCCCC1)[Si](C)(C)C. The van der Waals surface area contributed by atoms with Gasteiger partial charge < -0.3 is 5.11 Å². The summed E-state index contributed by atoms with van der Waals surface area (Å²) in [5.41, 5.74) is 0. The van der Waals surface area contributed by atoms with Crippen molar-refractivity contribution in [2.45, 2.75) is 80.2 Å². The first kappa shape index (κ1) is 17.2. The molecule has 0 amide bonds. The zero-order valence-corrected chi connectivity index (χ0v) is 17.2. The minimum Gasteiger partial charge on any atom is -0.392 e. The Bertz CT molecular complexity index is 260. The lowest BCUT2D eigenvalue weighted by atomic mass is 9.86.